The van der Waals surface area contributed by atoms with Gasteiger partial charge in [-0.3, -0.25) is 19.7 Å². The number of nitrogens with zero attached hydrogens (tertiary/aromatic N) is 1. The van der Waals surface area contributed by atoms with E-state index in [4.69, 9.17) is 4.74 Å². The molecule has 1 saturated heterocycles. The highest BCUT2D eigenvalue weighted by molar-refractivity contribution is 6.00. The van der Waals surface area contributed by atoms with E-state index in [1.54, 1.807) is 6.92 Å². The van der Waals surface area contributed by atoms with E-state index >= 15 is 0 Å². The van der Waals surface area contributed by atoms with Crippen LogP contribution in [0.4, 0.5) is 10.5 Å². The second-order valence-electron chi connectivity index (χ2n) is 6.68. The summed E-state index contributed by atoms with van der Waals surface area (Å²) in [4.78, 5) is 49.1. The zero-order valence-electron chi connectivity index (χ0n) is 15.8. The fourth-order valence-electron chi connectivity index (χ4n) is 2.62. The van der Waals surface area contributed by atoms with Gasteiger partial charge in [0.25, 0.3) is 5.91 Å². The van der Waals surface area contributed by atoms with Crippen LogP contribution in [0.25, 0.3) is 0 Å². The Morgan fingerprint density at radius 3 is 2.56 bits per heavy atom. The van der Waals surface area contributed by atoms with Crippen molar-refractivity contribution in [3.8, 4) is 0 Å². The molecule has 1 aromatic carbocycles. The van der Waals surface area contributed by atoms with Crippen LogP contribution in [0.5, 0.6) is 0 Å². The lowest BCUT2D eigenvalue weighted by Gasteiger charge is -2.16. The minimum absolute atomic E-state index is 0.0306. The summed E-state index contributed by atoms with van der Waals surface area (Å²) in [7, 11) is 0. The van der Waals surface area contributed by atoms with Crippen LogP contribution < -0.4 is 15.5 Å². The average Bonchev–Trinajstić information content (AvgIpc) is 3.02. The molecule has 1 aliphatic rings. The van der Waals surface area contributed by atoms with Gasteiger partial charge in [0.2, 0.25) is 5.91 Å². The van der Waals surface area contributed by atoms with Gasteiger partial charge >= 0.3 is 12.0 Å². The number of ether oxygens (including phenoxy) is 1. The molecule has 2 N–H and O–H groups in total. The fourth-order valence-corrected chi connectivity index (χ4v) is 2.62. The van der Waals surface area contributed by atoms with Crippen molar-refractivity contribution in [1.29, 1.82) is 0 Å². The first-order chi connectivity index (χ1) is 12.8. The van der Waals surface area contributed by atoms with Crippen LogP contribution in [0.1, 0.15) is 32.3 Å². The summed E-state index contributed by atoms with van der Waals surface area (Å²) in [6.07, 6.45) is 0.757. The van der Waals surface area contributed by atoms with Crippen LogP contribution in [-0.4, -0.2) is 43.0 Å². The second kappa shape index (κ2) is 9.16. The summed E-state index contributed by atoms with van der Waals surface area (Å²) in [6, 6.07) is 6.73. The molecule has 2 rings (SSSR count). The van der Waals surface area contributed by atoms with Gasteiger partial charge in [-0.25, -0.2) is 4.79 Å². The van der Waals surface area contributed by atoms with Gasteiger partial charge in [-0.05, 0) is 32.4 Å². The van der Waals surface area contributed by atoms with E-state index in [1.807, 2.05) is 38.1 Å². The summed E-state index contributed by atoms with van der Waals surface area (Å²) in [6.45, 7) is 5.29. The molecule has 1 aliphatic heterocycles. The molecule has 4 amide bonds. The van der Waals surface area contributed by atoms with Crippen LogP contribution in [0.2, 0.25) is 0 Å². The molecule has 1 aromatic rings. The molecular weight excluding hydrogens is 350 g/mol. The zero-order chi connectivity index (χ0) is 20.0. The van der Waals surface area contributed by atoms with Crippen molar-refractivity contribution in [2.24, 2.45) is 5.92 Å². The maximum absolute atomic E-state index is 12.2. The molecule has 0 radical (unpaired) electrons. The molecule has 1 heterocycles. The van der Waals surface area contributed by atoms with Crippen molar-refractivity contribution in [2.75, 3.05) is 18.1 Å². The lowest BCUT2D eigenvalue weighted by atomic mass is 10.1. The number of imide groups is 1. The number of esters is 1. The maximum Gasteiger partial charge on any atom is 0.321 e. The third-order valence-corrected chi connectivity index (χ3v) is 4.39. The molecule has 1 fully saturated rings. The number of hydrogen-bond donors (Lipinski definition) is 2. The van der Waals surface area contributed by atoms with Crippen molar-refractivity contribution in [1.82, 2.24) is 10.6 Å². The highest BCUT2D eigenvalue weighted by atomic mass is 16.5. The normalized spacial score (nSPS) is 17.4. The van der Waals surface area contributed by atoms with Gasteiger partial charge in [-0.15, -0.1) is 0 Å². The van der Waals surface area contributed by atoms with Gasteiger partial charge in [-0.2, -0.15) is 0 Å². The van der Waals surface area contributed by atoms with Crippen LogP contribution in [-0.2, 0) is 19.1 Å². The monoisotopic (exact) mass is 375 g/mol. The lowest BCUT2D eigenvalue weighted by molar-refractivity contribution is -0.152. The van der Waals surface area contributed by atoms with Crippen LogP contribution >= 0.6 is 0 Å². The third kappa shape index (κ3) is 5.80. The number of carbonyl (C=O) groups is 4. The second-order valence-corrected chi connectivity index (χ2v) is 6.68. The number of benzene rings is 1. The number of amides is 4. The summed E-state index contributed by atoms with van der Waals surface area (Å²) >= 11 is 0. The van der Waals surface area contributed by atoms with E-state index < -0.39 is 30.4 Å². The molecular formula is C19H25N3O5. The zero-order valence-corrected chi connectivity index (χ0v) is 15.8. The molecule has 146 valence electrons. The molecule has 0 saturated carbocycles. The average molecular weight is 375 g/mol. The lowest BCUT2D eigenvalue weighted by Crippen LogP contribution is -2.44. The standard InChI is InChI=1S/C19H25N3O5/c1-4-13(3)20-19(26)21-16(23)11-27-18(25)14-9-17(24)22(10-14)15-7-5-12(2)6-8-15/h5-8,13-14H,4,9-11H2,1-3H3,(H2,20,21,23,26)/t13-,14-/m1/s1. The summed E-state index contributed by atoms with van der Waals surface area (Å²) in [5, 5.41) is 4.67. The van der Waals surface area contributed by atoms with Gasteiger partial charge < -0.3 is 15.0 Å². The molecule has 0 unspecified atom stereocenters. The van der Waals surface area contributed by atoms with E-state index in [0.717, 1.165) is 17.7 Å². The van der Waals surface area contributed by atoms with Crippen LogP contribution in [0.15, 0.2) is 24.3 Å². The van der Waals surface area contributed by atoms with Crippen molar-refractivity contribution in [3.63, 3.8) is 0 Å². The van der Waals surface area contributed by atoms with E-state index in [-0.39, 0.29) is 24.9 Å². The van der Waals surface area contributed by atoms with E-state index in [9.17, 15) is 19.2 Å². The van der Waals surface area contributed by atoms with Crippen molar-refractivity contribution < 1.29 is 23.9 Å². The van der Waals surface area contributed by atoms with E-state index in [1.165, 1.54) is 4.90 Å². The molecule has 0 aliphatic carbocycles. The first-order valence-corrected chi connectivity index (χ1v) is 8.94. The summed E-state index contributed by atoms with van der Waals surface area (Å²) in [5.41, 5.74) is 1.80. The maximum atomic E-state index is 12.2. The largest absolute Gasteiger partial charge is 0.455 e. The number of hydrogen-bond acceptors (Lipinski definition) is 5. The topological polar surface area (TPSA) is 105 Å². The summed E-state index contributed by atoms with van der Waals surface area (Å²) in [5.74, 6) is -2.15. The van der Waals surface area contributed by atoms with Crippen molar-refractivity contribution in [2.45, 2.75) is 39.7 Å². The molecule has 27 heavy (non-hydrogen) atoms. The Bertz CT molecular complexity index is 717. The number of urea groups is 1. The quantitative estimate of drug-likeness (QED) is 0.734. The Labute approximate surface area is 158 Å². The molecule has 0 bridgehead atoms. The molecule has 8 heteroatoms. The number of rotatable bonds is 6. The smallest absolute Gasteiger partial charge is 0.321 e. The number of aryl methyl sites for hydroxylation is 1. The van der Waals surface area contributed by atoms with E-state index in [2.05, 4.69) is 10.6 Å². The summed E-state index contributed by atoms with van der Waals surface area (Å²) < 4.78 is 4.96. The number of nitrogens with one attached hydrogen (secondary N) is 2. The number of anilines is 1. The van der Waals surface area contributed by atoms with Crippen LogP contribution in [0, 0.1) is 12.8 Å². The van der Waals surface area contributed by atoms with Gasteiger partial charge in [0.05, 0.1) is 5.92 Å². The number of carbonyl (C=O) groups excluding carboxylic acids is 4. The molecule has 0 spiro atoms. The van der Waals surface area contributed by atoms with Crippen molar-refractivity contribution >= 4 is 29.5 Å². The Kier molecular flexibility index (Phi) is 6.92. The Morgan fingerprint density at radius 1 is 1.26 bits per heavy atom. The first-order valence-electron chi connectivity index (χ1n) is 8.94. The highest BCUT2D eigenvalue weighted by Gasteiger charge is 2.36. The predicted octanol–water partition coefficient (Wildman–Crippen LogP) is 1.52. The Hall–Kier alpha value is -2.90. The van der Waals surface area contributed by atoms with Crippen molar-refractivity contribution in [3.05, 3.63) is 29.8 Å². The first kappa shape index (κ1) is 20.4. The highest BCUT2D eigenvalue weighted by Crippen LogP contribution is 2.26. The molecule has 8 nitrogen and oxygen atoms in total. The molecule has 2 atom stereocenters. The Morgan fingerprint density at radius 2 is 1.93 bits per heavy atom. The molecule has 0 aromatic heterocycles. The predicted molar refractivity (Wildman–Crippen MR) is 99.0 cm³/mol. The fraction of sp³-hybridized carbons (Fsp3) is 0.474. The van der Waals surface area contributed by atoms with Gasteiger partial charge in [0, 0.05) is 24.7 Å². The van der Waals surface area contributed by atoms with Crippen LogP contribution in [0.3, 0.4) is 0 Å². The SMILES string of the molecule is CC[C@@H](C)NC(=O)NC(=O)COC(=O)[C@@H]1CC(=O)N(c2ccc(C)cc2)C1. The van der Waals surface area contributed by atoms with E-state index in [0.29, 0.717) is 0 Å². The Balaban J connectivity index is 1.81. The minimum atomic E-state index is -0.719. The van der Waals surface area contributed by atoms with Gasteiger partial charge in [0.15, 0.2) is 6.61 Å². The van der Waals surface area contributed by atoms with Gasteiger partial charge in [-0.1, -0.05) is 24.6 Å². The minimum Gasteiger partial charge on any atom is -0.455 e. The third-order valence-electron chi connectivity index (χ3n) is 4.39. The van der Waals surface area contributed by atoms with Gasteiger partial charge in [0.1, 0.15) is 0 Å².